The molecular formula is C16H27N3O. The fourth-order valence-corrected chi connectivity index (χ4v) is 3.56. The molecule has 1 saturated carbocycles. The molecule has 0 amide bonds. The third kappa shape index (κ3) is 3.00. The summed E-state index contributed by atoms with van der Waals surface area (Å²) >= 11 is 0. The van der Waals surface area contributed by atoms with Crippen LogP contribution in [0, 0.1) is 5.92 Å². The first-order valence-corrected chi connectivity index (χ1v) is 7.99. The normalized spacial score (nSPS) is 26.9. The average Bonchev–Trinajstić information content (AvgIpc) is 3.04. The average molecular weight is 277 g/mol. The highest BCUT2D eigenvalue weighted by molar-refractivity contribution is 5.31. The van der Waals surface area contributed by atoms with E-state index >= 15 is 0 Å². The standard InChI is InChI=1S/C16H27N3O/c1-16(2,3)17-10-13-11-20-15(18-13)19-9-5-7-12-6-4-8-14(12)19/h11-12,14,17H,4-10H2,1-3H3. The summed E-state index contributed by atoms with van der Waals surface area (Å²) in [5.74, 6) is 0.867. The highest BCUT2D eigenvalue weighted by Crippen LogP contribution is 2.38. The van der Waals surface area contributed by atoms with E-state index in [-0.39, 0.29) is 5.54 Å². The Morgan fingerprint density at radius 2 is 2.10 bits per heavy atom. The van der Waals surface area contributed by atoms with Crippen LogP contribution in [0.5, 0.6) is 0 Å². The lowest BCUT2D eigenvalue weighted by Crippen LogP contribution is -2.42. The Morgan fingerprint density at radius 1 is 1.30 bits per heavy atom. The van der Waals surface area contributed by atoms with Crippen molar-refractivity contribution in [2.24, 2.45) is 5.92 Å². The maximum absolute atomic E-state index is 5.75. The zero-order valence-corrected chi connectivity index (χ0v) is 13.0. The Balaban J connectivity index is 1.66. The molecule has 112 valence electrons. The van der Waals surface area contributed by atoms with Gasteiger partial charge in [-0.05, 0) is 52.4 Å². The molecule has 2 atom stereocenters. The molecule has 1 aliphatic carbocycles. The fourth-order valence-electron chi connectivity index (χ4n) is 3.56. The van der Waals surface area contributed by atoms with Gasteiger partial charge in [0.15, 0.2) is 0 Å². The van der Waals surface area contributed by atoms with Gasteiger partial charge < -0.3 is 14.6 Å². The second kappa shape index (κ2) is 5.40. The van der Waals surface area contributed by atoms with Crippen LogP contribution in [0.1, 0.15) is 58.6 Å². The molecule has 3 rings (SSSR count). The second-order valence-corrected chi connectivity index (χ2v) is 7.32. The fraction of sp³-hybridized carbons (Fsp3) is 0.812. The van der Waals surface area contributed by atoms with Gasteiger partial charge in [-0.25, -0.2) is 0 Å². The number of nitrogens with zero attached hydrogens (tertiary/aromatic N) is 2. The monoisotopic (exact) mass is 277 g/mol. The molecule has 2 fully saturated rings. The van der Waals surface area contributed by atoms with Crippen molar-refractivity contribution >= 4 is 6.01 Å². The van der Waals surface area contributed by atoms with E-state index in [1.807, 2.05) is 6.26 Å². The Morgan fingerprint density at radius 3 is 2.90 bits per heavy atom. The molecule has 4 heteroatoms. The first-order valence-electron chi connectivity index (χ1n) is 7.99. The van der Waals surface area contributed by atoms with Crippen LogP contribution in [0.25, 0.3) is 0 Å². The van der Waals surface area contributed by atoms with E-state index in [4.69, 9.17) is 9.40 Å². The third-order valence-corrected chi connectivity index (χ3v) is 4.58. The van der Waals surface area contributed by atoms with E-state index in [2.05, 4.69) is 31.0 Å². The molecule has 0 spiro atoms. The van der Waals surface area contributed by atoms with Crippen molar-refractivity contribution in [1.29, 1.82) is 0 Å². The second-order valence-electron chi connectivity index (χ2n) is 7.32. The van der Waals surface area contributed by atoms with Crippen molar-refractivity contribution in [3.63, 3.8) is 0 Å². The van der Waals surface area contributed by atoms with Crippen LogP contribution in [0.15, 0.2) is 10.7 Å². The maximum Gasteiger partial charge on any atom is 0.297 e. The van der Waals surface area contributed by atoms with Crippen LogP contribution in [0.4, 0.5) is 6.01 Å². The molecule has 1 aromatic heterocycles. The summed E-state index contributed by atoms with van der Waals surface area (Å²) in [5, 5.41) is 3.46. The Labute approximate surface area is 121 Å². The van der Waals surface area contributed by atoms with E-state index in [9.17, 15) is 0 Å². The minimum atomic E-state index is 0.112. The number of piperidine rings is 1. The first kappa shape index (κ1) is 13.9. The van der Waals surface area contributed by atoms with Gasteiger partial charge in [-0.3, -0.25) is 0 Å². The summed E-state index contributed by atoms with van der Waals surface area (Å²) in [4.78, 5) is 7.11. The summed E-state index contributed by atoms with van der Waals surface area (Å²) in [6.07, 6.45) is 8.54. The molecule has 1 saturated heterocycles. The van der Waals surface area contributed by atoms with Crippen molar-refractivity contribution < 1.29 is 4.42 Å². The van der Waals surface area contributed by atoms with Crippen LogP contribution in [0.3, 0.4) is 0 Å². The zero-order valence-electron chi connectivity index (χ0n) is 13.0. The molecule has 0 aromatic carbocycles. The van der Waals surface area contributed by atoms with Crippen molar-refractivity contribution in [1.82, 2.24) is 10.3 Å². The highest BCUT2D eigenvalue weighted by Gasteiger charge is 2.36. The first-order chi connectivity index (χ1) is 9.53. The topological polar surface area (TPSA) is 41.3 Å². The maximum atomic E-state index is 5.75. The summed E-state index contributed by atoms with van der Waals surface area (Å²) in [7, 11) is 0. The summed E-state index contributed by atoms with van der Waals surface area (Å²) < 4.78 is 5.75. The van der Waals surface area contributed by atoms with Crippen LogP contribution < -0.4 is 10.2 Å². The van der Waals surface area contributed by atoms with E-state index in [0.29, 0.717) is 6.04 Å². The van der Waals surface area contributed by atoms with Crippen LogP contribution in [-0.4, -0.2) is 23.1 Å². The number of hydrogen-bond donors (Lipinski definition) is 1. The predicted molar refractivity (Wildman–Crippen MR) is 80.8 cm³/mol. The van der Waals surface area contributed by atoms with Crippen molar-refractivity contribution in [3.05, 3.63) is 12.0 Å². The van der Waals surface area contributed by atoms with Crippen molar-refractivity contribution in [2.75, 3.05) is 11.4 Å². The Bertz CT molecular complexity index is 449. The lowest BCUT2D eigenvalue weighted by Gasteiger charge is -2.36. The van der Waals surface area contributed by atoms with Gasteiger partial charge in [0.25, 0.3) is 6.01 Å². The number of rotatable bonds is 3. The summed E-state index contributed by atoms with van der Waals surface area (Å²) in [5.41, 5.74) is 1.12. The van der Waals surface area contributed by atoms with Gasteiger partial charge >= 0.3 is 0 Å². The predicted octanol–water partition coefficient (Wildman–Crippen LogP) is 3.33. The lowest BCUT2D eigenvalue weighted by molar-refractivity contribution is 0.342. The molecule has 1 aliphatic heterocycles. The number of oxazole rings is 1. The smallest absolute Gasteiger partial charge is 0.297 e. The van der Waals surface area contributed by atoms with Crippen LogP contribution >= 0.6 is 0 Å². The van der Waals surface area contributed by atoms with E-state index < -0.39 is 0 Å². The third-order valence-electron chi connectivity index (χ3n) is 4.58. The zero-order chi connectivity index (χ0) is 14.2. The summed E-state index contributed by atoms with van der Waals surface area (Å²) in [6, 6.07) is 1.51. The van der Waals surface area contributed by atoms with Gasteiger partial charge in [0, 0.05) is 24.7 Å². The quantitative estimate of drug-likeness (QED) is 0.920. The SMILES string of the molecule is CC(C)(C)NCc1coc(N2CCCC3CCCC32)n1. The van der Waals surface area contributed by atoms with Gasteiger partial charge in [-0.1, -0.05) is 6.42 Å². The lowest BCUT2D eigenvalue weighted by atomic mass is 9.92. The molecular weight excluding hydrogens is 250 g/mol. The van der Waals surface area contributed by atoms with Crippen LogP contribution in [-0.2, 0) is 6.54 Å². The number of anilines is 1. The number of fused-ring (bicyclic) bond motifs is 1. The molecule has 2 heterocycles. The number of hydrogen-bond acceptors (Lipinski definition) is 4. The Hall–Kier alpha value is -1.03. The van der Waals surface area contributed by atoms with Gasteiger partial charge in [-0.15, -0.1) is 0 Å². The van der Waals surface area contributed by atoms with Crippen LogP contribution in [0.2, 0.25) is 0 Å². The molecule has 1 aromatic rings. The molecule has 2 unspecified atom stereocenters. The number of nitrogens with one attached hydrogen (secondary N) is 1. The molecule has 4 nitrogen and oxygen atoms in total. The van der Waals surface area contributed by atoms with Gasteiger partial charge in [0.1, 0.15) is 6.26 Å². The minimum absolute atomic E-state index is 0.112. The molecule has 1 N–H and O–H groups in total. The molecule has 0 radical (unpaired) electrons. The van der Waals surface area contributed by atoms with E-state index in [0.717, 1.165) is 30.7 Å². The number of aromatic nitrogens is 1. The molecule has 0 bridgehead atoms. The minimum Gasteiger partial charge on any atom is -0.432 e. The highest BCUT2D eigenvalue weighted by atomic mass is 16.4. The van der Waals surface area contributed by atoms with Crippen molar-refractivity contribution in [3.8, 4) is 0 Å². The largest absolute Gasteiger partial charge is 0.432 e. The molecule has 20 heavy (non-hydrogen) atoms. The van der Waals surface area contributed by atoms with Gasteiger partial charge in [-0.2, -0.15) is 4.98 Å². The van der Waals surface area contributed by atoms with Crippen molar-refractivity contribution in [2.45, 2.75) is 71.0 Å². The van der Waals surface area contributed by atoms with Gasteiger partial charge in [0.05, 0.1) is 5.69 Å². The van der Waals surface area contributed by atoms with E-state index in [1.54, 1.807) is 0 Å². The van der Waals surface area contributed by atoms with Gasteiger partial charge in [0.2, 0.25) is 0 Å². The Kier molecular flexibility index (Phi) is 3.76. The molecule has 2 aliphatic rings. The summed E-state index contributed by atoms with van der Waals surface area (Å²) in [6.45, 7) is 8.38. The van der Waals surface area contributed by atoms with E-state index in [1.165, 1.54) is 32.1 Å².